The number of carbonyl (C=O) groups excluding carboxylic acids is 1. The van der Waals surface area contributed by atoms with Gasteiger partial charge in [-0.25, -0.2) is 0 Å². The quantitative estimate of drug-likeness (QED) is 0.449. The minimum Gasteiger partial charge on any atom is -0.467 e. The summed E-state index contributed by atoms with van der Waals surface area (Å²) in [5, 5.41) is 0. The van der Waals surface area contributed by atoms with Crippen molar-refractivity contribution in [3.05, 3.63) is 17.2 Å². The standard InChI is InChI=1S/C14H17BO6/c1-4-18-14(16)11(15)9-5-10(19-6-17-3)8(2)12-13(9)21-7-20-12/h5,11H,4,6-7H2,1-3H3. The van der Waals surface area contributed by atoms with E-state index >= 15 is 0 Å². The average Bonchev–Trinajstić information content (AvgIpc) is 2.96. The van der Waals surface area contributed by atoms with Gasteiger partial charge in [-0.05, 0) is 19.9 Å². The van der Waals surface area contributed by atoms with E-state index in [-0.39, 0.29) is 20.2 Å². The molecule has 21 heavy (non-hydrogen) atoms. The van der Waals surface area contributed by atoms with Crippen LogP contribution in [0.1, 0.15) is 23.9 Å². The molecule has 0 saturated heterocycles. The molecule has 0 saturated carbocycles. The summed E-state index contributed by atoms with van der Waals surface area (Å²) in [5.74, 6) is 0.00894. The zero-order valence-electron chi connectivity index (χ0n) is 12.3. The minimum atomic E-state index is -0.967. The van der Waals surface area contributed by atoms with Crippen LogP contribution in [0.25, 0.3) is 0 Å². The monoisotopic (exact) mass is 292 g/mol. The van der Waals surface area contributed by atoms with Gasteiger partial charge in [0.1, 0.15) is 5.75 Å². The van der Waals surface area contributed by atoms with Gasteiger partial charge in [0.25, 0.3) is 0 Å². The molecule has 0 aromatic heterocycles. The molecule has 1 atom stereocenters. The molecule has 6 nitrogen and oxygen atoms in total. The number of esters is 1. The zero-order valence-corrected chi connectivity index (χ0v) is 12.3. The summed E-state index contributed by atoms with van der Waals surface area (Å²) in [4.78, 5) is 11.8. The molecule has 1 aromatic carbocycles. The fourth-order valence-corrected chi connectivity index (χ4v) is 2.06. The second-order valence-electron chi connectivity index (χ2n) is 4.43. The Morgan fingerprint density at radius 3 is 2.81 bits per heavy atom. The van der Waals surface area contributed by atoms with Gasteiger partial charge in [-0.1, -0.05) is 0 Å². The zero-order chi connectivity index (χ0) is 15.4. The minimum absolute atomic E-state index is 0.0758. The topological polar surface area (TPSA) is 63.2 Å². The number of carbonyl (C=O) groups is 1. The lowest BCUT2D eigenvalue weighted by molar-refractivity contribution is -0.142. The number of benzene rings is 1. The van der Waals surface area contributed by atoms with Crippen LogP contribution >= 0.6 is 0 Å². The van der Waals surface area contributed by atoms with Crippen LogP contribution in [-0.4, -0.2) is 41.1 Å². The molecule has 0 bridgehead atoms. The molecule has 7 heteroatoms. The van der Waals surface area contributed by atoms with Crippen LogP contribution in [0, 0.1) is 6.92 Å². The van der Waals surface area contributed by atoms with Crippen molar-refractivity contribution in [3.63, 3.8) is 0 Å². The third-order valence-corrected chi connectivity index (χ3v) is 3.08. The second kappa shape index (κ2) is 6.71. The van der Waals surface area contributed by atoms with Crippen molar-refractivity contribution in [2.24, 2.45) is 0 Å². The summed E-state index contributed by atoms with van der Waals surface area (Å²) in [6.07, 6.45) is 0. The van der Waals surface area contributed by atoms with Crippen molar-refractivity contribution in [2.75, 3.05) is 27.3 Å². The first-order valence-electron chi connectivity index (χ1n) is 6.57. The Labute approximate surface area is 124 Å². The highest BCUT2D eigenvalue weighted by molar-refractivity contribution is 6.23. The van der Waals surface area contributed by atoms with Gasteiger partial charge >= 0.3 is 5.97 Å². The number of hydrogen-bond acceptors (Lipinski definition) is 6. The molecule has 0 N–H and O–H groups in total. The highest BCUT2D eigenvalue weighted by atomic mass is 16.7. The molecule has 1 aliphatic heterocycles. The van der Waals surface area contributed by atoms with Gasteiger partial charge in [-0.15, -0.1) is 0 Å². The summed E-state index contributed by atoms with van der Waals surface area (Å²) >= 11 is 0. The SMILES string of the molecule is [B]C(C(=O)OCC)c1cc(OCOC)c(C)c2c1OCO2. The fraction of sp³-hybridized carbons (Fsp3) is 0.500. The van der Waals surface area contributed by atoms with E-state index in [1.165, 1.54) is 7.11 Å². The molecule has 0 spiro atoms. The summed E-state index contributed by atoms with van der Waals surface area (Å²) in [6.45, 7) is 3.96. The first-order chi connectivity index (χ1) is 10.1. The van der Waals surface area contributed by atoms with Gasteiger partial charge in [-0.2, -0.15) is 0 Å². The Morgan fingerprint density at radius 1 is 1.43 bits per heavy atom. The normalized spacial score (nSPS) is 13.9. The van der Waals surface area contributed by atoms with Crippen LogP contribution in [0.4, 0.5) is 0 Å². The van der Waals surface area contributed by atoms with Crippen molar-refractivity contribution in [2.45, 2.75) is 19.7 Å². The summed E-state index contributed by atoms with van der Waals surface area (Å²) in [6, 6.07) is 1.66. The molecule has 1 aromatic rings. The predicted molar refractivity (Wildman–Crippen MR) is 74.9 cm³/mol. The molecule has 2 radical (unpaired) electrons. The van der Waals surface area contributed by atoms with Gasteiger partial charge in [-0.3, -0.25) is 4.79 Å². The van der Waals surface area contributed by atoms with E-state index in [1.54, 1.807) is 13.0 Å². The Morgan fingerprint density at radius 2 is 2.14 bits per heavy atom. The van der Waals surface area contributed by atoms with E-state index < -0.39 is 11.8 Å². The van der Waals surface area contributed by atoms with Crippen molar-refractivity contribution >= 4 is 13.8 Å². The van der Waals surface area contributed by atoms with Crippen molar-refractivity contribution in [1.29, 1.82) is 0 Å². The van der Waals surface area contributed by atoms with Gasteiger partial charge in [0.05, 0.1) is 14.5 Å². The van der Waals surface area contributed by atoms with E-state index in [4.69, 9.17) is 31.5 Å². The number of rotatable bonds is 6. The molecular formula is C14H17BO6. The van der Waals surface area contributed by atoms with Crippen molar-refractivity contribution < 1.29 is 28.5 Å². The molecular weight excluding hydrogens is 275 g/mol. The maximum Gasteiger partial charge on any atom is 0.304 e. The molecule has 112 valence electrons. The number of ether oxygens (including phenoxy) is 5. The van der Waals surface area contributed by atoms with Crippen molar-refractivity contribution in [3.8, 4) is 17.2 Å². The van der Waals surface area contributed by atoms with E-state index in [0.717, 1.165) is 5.56 Å². The first kappa shape index (κ1) is 15.5. The maximum atomic E-state index is 11.8. The first-order valence-corrected chi connectivity index (χ1v) is 6.57. The number of methoxy groups -OCH3 is 1. The van der Waals surface area contributed by atoms with E-state index in [9.17, 15) is 4.79 Å². The molecule has 1 unspecified atom stereocenters. The van der Waals surface area contributed by atoms with Crippen LogP contribution in [0.15, 0.2) is 6.07 Å². The summed E-state index contributed by atoms with van der Waals surface area (Å²) in [7, 11) is 7.47. The van der Waals surface area contributed by atoms with Crippen LogP contribution in [0.2, 0.25) is 0 Å². The third kappa shape index (κ3) is 3.07. The highest BCUT2D eigenvalue weighted by Crippen LogP contribution is 2.45. The Bertz CT molecular complexity index is 531. The lowest BCUT2D eigenvalue weighted by Gasteiger charge is -2.17. The Hall–Kier alpha value is -1.89. The maximum absolute atomic E-state index is 11.8. The van der Waals surface area contributed by atoms with Crippen LogP contribution in [0.3, 0.4) is 0 Å². The van der Waals surface area contributed by atoms with Gasteiger partial charge in [0.15, 0.2) is 18.3 Å². The molecule has 0 aliphatic carbocycles. The Balaban J connectivity index is 2.40. The fourth-order valence-electron chi connectivity index (χ4n) is 2.06. The molecule has 1 heterocycles. The number of hydrogen-bond donors (Lipinski definition) is 0. The van der Waals surface area contributed by atoms with E-state index in [2.05, 4.69) is 0 Å². The smallest absolute Gasteiger partial charge is 0.304 e. The van der Waals surface area contributed by atoms with Crippen molar-refractivity contribution in [1.82, 2.24) is 0 Å². The largest absolute Gasteiger partial charge is 0.467 e. The highest BCUT2D eigenvalue weighted by Gasteiger charge is 2.29. The lowest BCUT2D eigenvalue weighted by atomic mass is 9.80. The van der Waals surface area contributed by atoms with E-state index in [1.807, 2.05) is 6.92 Å². The second-order valence-corrected chi connectivity index (χ2v) is 4.43. The molecule has 0 fully saturated rings. The lowest BCUT2D eigenvalue weighted by Crippen LogP contribution is -2.17. The van der Waals surface area contributed by atoms with Crippen LogP contribution in [0.5, 0.6) is 17.2 Å². The van der Waals surface area contributed by atoms with Gasteiger partial charge in [0.2, 0.25) is 6.79 Å². The van der Waals surface area contributed by atoms with E-state index in [0.29, 0.717) is 22.8 Å². The van der Waals surface area contributed by atoms with Crippen LogP contribution in [-0.2, 0) is 14.3 Å². The van der Waals surface area contributed by atoms with Gasteiger partial charge in [0, 0.05) is 24.1 Å². The molecule has 2 rings (SSSR count). The third-order valence-electron chi connectivity index (χ3n) is 3.08. The van der Waals surface area contributed by atoms with Crippen LogP contribution < -0.4 is 14.2 Å². The summed E-state index contributed by atoms with van der Waals surface area (Å²) in [5.41, 5.74) is 1.23. The molecule has 1 aliphatic rings. The average molecular weight is 292 g/mol. The summed E-state index contributed by atoms with van der Waals surface area (Å²) < 4.78 is 26.2. The van der Waals surface area contributed by atoms with Gasteiger partial charge < -0.3 is 23.7 Å². The predicted octanol–water partition coefficient (Wildman–Crippen LogP) is 1.48. The molecule has 0 amide bonds. The Kier molecular flexibility index (Phi) is 4.96. The number of fused-ring (bicyclic) bond motifs is 1.